The molecule has 2 bridgehead atoms. The summed E-state index contributed by atoms with van der Waals surface area (Å²) in [5.41, 5.74) is 5.12. The van der Waals surface area contributed by atoms with E-state index in [1.165, 1.54) is 32.1 Å². The van der Waals surface area contributed by atoms with Gasteiger partial charge in [0, 0.05) is 36.5 Å². The summed E-state index contributed by atoms with van der Waals surface area (Å²) in [6.07, 6.45) is 12.6. The minimum atomic E-state index is 0.496. The van der Waals surface area contributed by atoms with E-state index in [9.17, 15) is 0 Å². The predicted molar refractivity (Wildman–Crippen MR) is 113 cm³/mol. The van der Waals surface area contributed by atoms with Crippen molar-refractivity contribution in [2.45, 2.75) is 50.8 Å². The number of aromatic nitrogens is 4. The SMILES string of the molecule is C1CC2CCC(C1)N2.CNc1cnc2c(n1)OCc1cc(-c3cn[nH]c3)ccc1-2. The highest BCUT2D eigenvalue weighted by molar-refractivity contribution is 5.75. The summed E-state index contributed by atoms with van der Waals surface area (Å²) in [5.74, 6) is 1.28. The molecule has 7 heteroatoms. The molecule has 2 fully saturated rings. The second-order valence-corrected chi connectivity index (χ2v) is 7.88. The molecule has 2 unspecified atom stereocenters. The third kappa shape index (κ3) is 3.70. The number of fused-ring (bicyclic) bond motifs is 5. The first kappa shape index (κ1) is 18.1. The average Bonchev–Trinajstić information content (AvgIpc) is 3.43. The Morgan fingerprint density at radius 1 is 1.07 bits per heavy atom. The normalized spacial score (nSPS) is 21.3. The first-order valence-electron chi connectivity index (χ1n) is 10.4. The van der Waals surface area contributed by atoms with Gasteiger partial charge in [-0.1, -0.05) is 18.6 Å². The van der Waals surface area contributed by atoms with E-state index in [0.717, 1.165) is 40.0 Å². The van der Waals surface area contributed by atoms with E-state index in [1.807, 2.05) is 13.2 Å². The predicted octanol–water partition coefficient (Wildman–Crippen LogP) is 3.76. The van der Waals surface area contributed by atoms with E-state index in [-0.39, 0.29) is 0 Å². The summed E-state index contributed by atoms with van der Waals surface area (Å²) < 4.78 is 5.73. The number of rotatable bonds is 2. The maximum atomic E-state index is 5.73. The molecular weight excluding hydrogens is 364 g/mol. The Bertz CT molecular complexity index is 973. The number of H-pyrrole nitrogens is 1. The monoisotopic (exact) mass is 390 g/mol. The van der Waals surface area contributed by atoms with Crippen LogP contribution in [0.25, 0.3) is 22.4 Å². The molecule has 1 aromatic carbocycles. The van der Waals surface area contributed by atoms with Crippen molar-refractivity contribution in [2.24, 2.45) is 0 Å². The minimum Gasteiger partial charge on any atom is -0.471 e. The summed E-state index contributed by atoms with van der Waals surface area (Å²) in [4.78, 5) is 8.85. The molecule has 3 aliphatic heterocycles. The highest BCUT2D eigenvalue weighted by atomic mass is 16.5. The van der Waals surface area contributed by atoms with Crippen LogP contribution in [0.3, 0.4) is 0 Å². The highest BCUT2D eigenvalue weighted by Gasteiger charge is 2.26. The molecule has 3 aromatic rings. The molecule has 2 aromatic heterocycles. The summed E-state index contributed by atoms with van der Waals surface area (Å²) in [5, 5.41) is 13.4. The summed E-state index contributed by atoms with van der Waals surface area (Å²) in [6.45, 7) is 0.496. The van der Waals surface area contributed by atoms with Gasteiger partial charge in [-0.25, -0.2) is 4.98 Å². The fourth-order valence-electron chi connectivity index (χ4n) is 4.42. The molecule has 2 atom stereocenters. The fraction of sp³-hybridized carbons (Fsp3) is 0.409. The first-order valence-corrected chi connectivity index (χ1v) is 10.4. The first-order chi connectivity index (χ1) is 14.3. The molecule has 0 spiro atoms. The maximum Gasteiger partial charge on any atom is 0.242 e. The Morgan fingerprint density at radius 3 is 2.66 bits per heavy atom. The number of benzene rings is 1. The van der Waals surface area contributed by atoms with Gasteiger partial charge in [-0.3, -0.25) is 5.10 Å². The van der Waals surface area contributed by atoms with E-state index in [2.05, 4.69) is 49.0 Å². The van der Waals surface area contributed by atoms with E-state index in [0.29, 0.717) is 18.3 Å². The van der Waals surface area contributed by atoms with Gasteiger partial charge in [0.05, 0.1) is 12.4 Å². The Balaban J connectivity index is 0.000000189. The Morgan fingerprint density at radius 2 is 1.93 bits per heavy atom. The molecule has 0 aliphatic carbocycles. The molecule has 7 nitrogen and oxygen atoms in total. The highest BCUT2D eigenvalue weighted by Crippen LogP contribution is 2.36. The lowest BCUT2D eigenvalue weighted by atomic mass is 9.98. The zero-order valence-electron chi connectivity index (χ0n) is 16.6. The summed E-state index contributed by atoms with van der Waals surface area (Å²) >= 11 is 0. The van der Waals surface area contributed by atoms with Gasteiger partial charge in [-0.2, -0.15) is 10.1 Å². The molecule has 5 heterocycles. The molecule has 3 N–H and O–H groups in total. The third-order valence-corrected chi connectivity index (χ3v) is 5.99. The zero-order valence-corrected chi connectivity index (χ0v) is 16.6. The van der Waals surface area contributed by atoms with Gasteiger partial charge >= 0.3 is 0 Å². The van der Waals surface area contributed by atoms with Gasteiger partial charge in [0.2, 0.25) is 5.88 Å². The van der Waals surface area contributed by atoms with Gasteiger partial charge in [0.25, 0.3) is 0 Å². The van der Waals surface area contributed by atoms with Crippen LogP contribution in [0.15, 0.2) is 36.8 Å². The van der Waals surface area contributed by atoms with Crippen LogP contribution in [-0.2, 0) is 6.61 Å². The van der Waals surface area contributed by atoms with Crippen molar-refractivity contribution < 1.29 is 4.74 Å². The van der Waals surface area contributed by atoms with E-state index >= 15 is 0 Å². The number of ether oxygens (including phenoxy) is 1. The number of hydrogen-bond donors (Lipinski definition) is 3. The molecule has 3 aliphatic rings. The van der Waals surface area contributed by atoms with E-state index in [4.69, 9.17) is 4.74 Å². The molecule has 6 rings (SSSR count). The van der Waals surface area contributed by atoms with Crippen LogP contribution in [0.2, 0.25) is 0 Å². The molecule has 29 heavy (non-hydrogen) atoms. The number of anilines is 1. The van der Waals surface area contributed by atoms with Gasteiger partial charge in [0.15, 0.2) is 0 Å². The second kappa shape index (κ2) is 7.83. The quantitative estimate of drug-likeness (QED) is 0.618. The van der Waals surface area contributed by atoms with Crippen molar-refractivity contribution >= 4 is 5.82 Å². The van der Waals surface area contributed by atoms with Crippen LogP contribution < -0.4 is 15.4 Å². The lowest BCUT2D eigenvalue weighted by Gasteiger charge is -2.20. The third-order valence-electron chi connectivity index (χ3n) is 5.99. The van der Waals surface area contributed by atoms with Crippen molar-refractivity contribution in [3.8, 4) is 28.3 Å². The Kier molecular flexibility index (Phi) is 4.89. The smallest absolute Gasteiger partial charge is 0.242 e. The van der Waals surface area contributed by atoms with Crippen molar-refractivity contribution in [1.29, 1.82) is 0 Å². The van der Waals surface area contributed by atoms with Crippen LogP contribution in [0.5, 0.6) is 5.88 Å². The topological polar surface area (TPSA) is 87.8 Å². The lowest BCUT2D eigenvalue weighted by molar-refractivity contribution is 0.289. The number of aromatic amines is 1. The summed E-state index contributed by atoms with van der Waals surface area (Å²) in [7, 11) is 1.81. The standard InChI is InChI=1S/C15H13N5O.C7H13N/c1-16-13-7-17-14-12-3-2-9(11-5-18-19-6-11)4-10(12)8-21-15(14)20-13;1-2-6-4-5-7(3-1)8-6/h2-7H,8H2,1H3,(H,16,20)(H,18,19);6-8H,1-5H2. The van der Waals surface area contributed by atoms with Crippen molar-refractivity contribution in [3.63, 3.8) is 0 Å². The van der Waals surface area contributed by atoms with Crippen LogP contribution in [0.4, 0.5) is 5.82 Å². The molecule has 0 amide bonds. The van der Waals surface area contributed by atoms with Gasteiger partial charge in [-0.15, -0.1) is 0 Å². The minimum absolute atomic E-state index is 0.496. The van der Waals surface area contributed by atoms with Gasteiger partial charge in [-0.05, 0) is 42.9 Å². The van der Waals surface area contributed by atoms with E-state index < -0.39 is 0 Å². The van der Waals surface area contributed by atoms with Gasteiger partial charge in [0.1, 0.15) is 18.1 Å². The molecule has 150 valence electrons. The molecule has 0 saturated carbocycles. The fourth-order valence-corrected chi connectivity index (χ4v) is 4.42. The van der Waals surface area contributed by atoms with Crippen LogP contribution >= 0.6 is 0 Å². The number of nitrogens with zero attached hydrogens (tertiary/aromatic N) is 3. The number of nitrogens with one attached hydrogen (secondary N) is 3. The zero-order chi connectivity index (χ0) is 19.6. The Hall–Kier alpha value is -2.93. The lowest BCUT2D eigenvalue weighted by Crippen LogP contribution is -2.33. The van der Waals surface area contributed by atoms with Crippen molar-refractivity contribution in [2.75, 3.05) is 12.4 Å². The van der Waals surface area contributed by atoms with Crippen LogP contribution in [-0.4, -0.2) is 39.3 Å². The largest absolute Gasteiger partial charge is 0.471 e. The van der Waals surface area contributed by atoms with Crippen LogP contribution in [0, 0.1) is 0 Å². The van der Waals surface area contributed by atoms with Gasteiger partial charge < -0.3 is 15.4 Å². The van der Waals surface area contributed by atoms with Crippen LogP contribution in [0.1, 0.15) is 37.7 Å². The maximum absolute atomic E-state index is 5.73. The summed E-state index contributed by atoms with van der Waals surface area (Å²) in [6, 6.07) is 8.05. The van der Waals surface area contributed by atoms with E-state index in [1.54, 1.807) is 12.4 Å². The molecule has 0 radical (unpaired) electrons. The van der Waals surface area contributed by atoms with Crippen molar-refractivity contribution in [1.82, 2.24) is 25.5 Å². The molecular formula is C22H26N6O. The second-order valence-electron chi connectivity index (χ2n) is 7.88. The average molecular weight is 390 g/mol. The number of hydrogen-bond acceptors (Lipinski definition) is 6. The Labute approximate surface area is 170 Å². The molecule has 2 saturated heterocycles. The number of piperidine rings is 1. The van der Waals surface area contributed by atoms with Crippen molar-refractivity contribution in [3.05, 3.63) is 42.4 Å².